The molecule has 0 bridgehead atoms. The number of rotatable bonds is 8. The second kappa shape index (κ2) is 8.98. The first-order valence-electron chi connectivity index (χ1n) is 8.59. The summed E-state index contributed by atoms with van der Waals surface area (Å²) in [7, 11) is 3.19. The molecule has 8 heteroatoms. The van der Waals surface area contributed by atoms with Gasteiger partial charge in [0.25, 0.3) is 0 Å². The van der Waals surface area contributed by atoms with E-state index in [1.165, 1.54) is 6.07 Å². The number of hydrogen-bond acceptors (Lipinski definition) is 6. The van der Waals surface area contributed by atoms with E-state index >= 15 is 0 Å². The van der Waals surface area contributed by atoms with Crippen molar-refractivity contribution in [2.75, 3.05) is 31.4 Å². The molecule has 3 aromatic rings. The molecule has 3 rings (SSSR count). The standard InChI is InChI=1S/C20H20F2N4O2/c1-27-17-6-3-13(11-18(17)28-2)7-9-23-20-24-10-8-19(26-20)25-14-4-5-15(21)16(22)12-14/h3-6,8,10-12H,7,9H2,1-2H3,(H2,23,24,25,26). The number of nitrogens with zero attached hydrogens (tertiary/aromatic N) is 2. The van der Waals surface area contributed by atoms with E-state index < -0.39 is 11.6 Å². The average Bonchev–Trinajstić information content (AvgIpc) is 2.71. The number of aromatic nitrogens is 2. The van der Waals surface area contributed by atoms with Crippen LogP contribution in [-0.2, 0) is 6.42 Å². The molecule has 0 amide bonds. The lowest BCUT2D eigenvalue weighted by molar-refractivity contribution is 0.354. The first-order chi connectivity index (χ1) is 13.6. The number of ether oxygens (including phenoxy) is 2. The lowest BCUT2D eigenvalue weighted by atomic mass is 10.1. The van der Waals surface area contributed by atoms with Gasteiger partial charge in [0.2, 0.25) is 5.95 Å². The minimum Gasteiger partial charge on any atom is -0.493 e. The normalized spacial score (nSPS) is 10.4. The van der Waals surface area contributed by atoms with E-state index in [2.05, 4.69) is 20.6 Å². The molecule has 2 aromatic carbocycles. The minimum atomic E-state index is -0.924. The summed E-state index contributed by atoms with van der Waals surface area (Å²) in [6, 6.07) is 10.9. The zero-order valence-corrected chi connectivity index (χ0v) is 15.5. The summed E-state index contributed by atoms with van der Waals surface area (Å²) in [6.07, 6.45) is 2.30. The van der Waals surface area contributed by atoms with Crippen molar-refractivity contribution in [1.82, 2.24) is 9.97 Å². The fourth-order valence-corrected chi connectivity index (χ4v) is 2.59. The minimum absolute atomic E-state index is 0.397. The predicted octanol–water partition coefficient (Wildman–Crippen LogP) is 4.17. The Morgan fingerprint density at radius 1 is 0.929 bits per heavy atom. The quantitative estimate of drug-likeness (QED) is 0.606. The van der Waals surface area contributed by atoms with Crippen LogP contribution in [0.15, 0.2) is 48.7 Å². The van der Waals surface area contributed by atoms with Crippen molar-refractivity contribution in [2.45, 2.75) is 6.42 Å². The van der Waals surface area contributed by atoms with Crippen LogP contribution in [0, 0.1) is 11.6 Å². The maximum Gasteiger partial charge on any atom is 0.224 e. The van der Waals surface area contributed by atoms with Gasteiger partial charge in [0.1, 0.15) is 5.82 Å². The summed E-state index contributed by atoms with van der Waals surface area (Å²) < 4.78 is 36.9. The molecule has 1 aromatic heterocycles. The highest BCUT2D eigenvalue weighted by Crippen LogP contribution is 2.27. The van der Waals surface area contributed by atoms with Crippen LogP contribution in [0.1, 0.15) is 5.56 Å². The summed E-state index contributed by atoms with van der Waals surface area (Å²) in [5, 5.41) is 6.06. The van der Waals surface area contributed by atoms with Crippen LogP contribution in [0.5, 0.6) is 11.5 Å². The molecule has 28 heavy (non-hydrogen) atoms. The van der Waals surface area contributed by atoms with Crippen molar-refractivity contribution in [3.8, 4) is 11.5 Å². The molecule has 0 atom stereocenters. The van der Waals surface area contributed by atoms with E-state index in [4.69, 9.17) is 9.47 Å². The second-order valence-electron chi connectivity index (χ2n) is 5.89. The van der Waals surface area contributed by atoms with Crippen LogP contribution in [0.2, 0.25) is 0 Å². The number of anilines is 3. The highest BCUT2D eigenvalue weighted by atomic mass is 19.2. The lowest BCUT2D eigenvalue weighted by Gasteiger charge is -2.11. The molecule has 0 aliphatic rings. The van der Waals surface area contributed by atoms with Crippen LogP contribution in [-0.4, -0.2) is 30.7 Å². The molecule has 0 unspecified atom stereocenters. The van der Waals surface area contributed by atoms with E-state index in [1.54, 1.807) is 26.5 Å². The summed E-state index contributed by atoms with van der Waals surface area (Å²) in [4.78, 5) is 8.48. The van der Waals surface area contributed by atoms with Gasteiger partial charge < -0.3 is 20.1 Å². The lowest BCUT2D eigenvalue weighted by Crippen LogP contribution is -2.09. The van der Waals surface area contributed by atoms with Gasteiger partial charge in [-0.25, -0.2) is 13.8 Å². The highest BCUT2D eigenvalue weighted by Gasteiger charge is 2.06. The van der Waals surface area contributed by atoms with Crippen LogP contribution < -0.4 is 20.1 Å². The van der Waals surface area contributed by atoms with E-state index in [0.29, 0.717) is 35.5 Å². The van der Waals surface area contributed by atoms with E-state index in [9.17, 15) is 8.78 Å². The SMILES string of the molecule is COc1ccc(CCNc2nccc(Nc3ccc(F)c(F)c3)n2)cc1OC. The van der Waals surface area contributed by atoms with E-state index in [-0.39, 0.29) is 0 Å². The summed E-state index contributed by atoms with van der Waals surface area (Å²) in [5.41, 5.74) is 1.47. The maximum absolute atomic E-state index is 13.3. The number of benzene rings is 2. The second-order valence-corrected chi connectivity index (χ2v) is 5.89. The molecule has 0 saturated carbocycles. The van der Waals surface area contributed by atoms with Crippen molar-refractivity contribution in [3.05, 3.63) is 65.9 Å². The van der Waals surface area contributed by atoms with Crippen molar-refractivity contribution in [3.63, 3.8) is 0 Å². The van der Waals surface area contributed by atoms with Gasteiger partial charge in [-0.2, -0.15) is 4.98 Å². The van der Waals surface area contributed by atoms with Gasteiger partial charge in [0.15, 0.2) is 23.1 Å². The molecule has 0 spiro atoms. The van der Waals surface area contributed by atoms with Crippen LogP contribution in [0.25, 0.3) is 0 Å². The molecule has 6 nitrogen and oxygen atoms in total. The molecule has 1 heterocycles. The number of nitrogens with one attached hydrogen (secondary N) is 2. The molecular formula is C20H20F2N4O2. The van der Waals surface area contributed by atoms with Gasteiger partial charge in [-0.15, -0.1) is 0 Å². The molecular weight excluding hydrogens is 366 g/mol. The number of methoxy groups -OCH3 is 2. The Morgan fingerprint density at radius 3 is 2.50 bits per heavy atom. The molecule has 2 N–H and O–H groups in total. The third-order valence-corrected chi connectivity index (χ3v) is 3.99. The number of halogens is 2. The maximum atomic E-state index is 13.3. The smallest absolute Gasteiger partial charge is 0.224 e. The summed E-state index contributed by atoms with van der Waals surface area (Å²) >= 11 is 0. The Balaban J connectivity index is 1.59. The fraction of sp³-hybridized carbons (Fsp3) is 0.200. The largest absolute Gasteiger partial charge is 0.493 e. The molecule has 0 fully saturated rings. The van der Waals surface area contributed by atoms with Gasteiger partial charge in [-0.05, 0) is 42.3 Å². The zero-order valence-electron chi connectivity index (χ0n) is 15.5. The fourth-order valence-electron chi connectivity index (χ4n) is 2.59. The first kappa shape index (κ1) is 19.3. The van der Waals surface area contributed by atoms with Crippen LogP contribution in [0.4, 0.5) is 26.2 Å². The van der Waals surface area contributed by atoms with Gasteiger partial charge >= 0.3 is 0 Å². The molecule has 0 aliphatic carbocycles. The molecule has 0 aliphatic heterocycles. The van der Waals surface area contributed by atoms with Gasteiger partial charge in [-0.3, -0.25) is 0 Å². The molecule has 0 radical (unpaired) electrons. The Labute approximate surface area is 161 Å². The zero-order chi connectivity index (χ0) is 19.9. The Morgan fingerprint density at radius 2 is 1.75 bits per heavy atom. The third-order valence-electron chi connectivity index (χ3n) is 3.99. The van der Waals surface area contributed by atoms with Gasteiger partial charge in [0.05, 0.1) is 14.2 Å². The monoisotopic (exact) mass is 386 g/mol. The predicted molar refractivity (Wildman–Crippen MR) is 103 cm³/mol. The average molecular weight is 386 g/mol. The molecule has 0 saturated heterocycles. The summed E-state index contributed by atoms with van der Waals surface area (Å²) in [6.45, 7) is 0.601. The Bertz CT molecular complexity index is 953. The third kappa shape index (κ3) is 4.85. The van der Waals surface area contributed by atoms with Crippen LogP contribution >= 0.6 is 0 Å². The topological polar surface area (TPSA) is 68.3 Å². The van der Waals surface area contributed by atoms with E-state index in [0.717, 1.165) is 24.1 Å². The highest BCUT2D eigenvalue weighted by molar-refractivity contribution is 5.56. The Kier molecular flexibility index (Phi) is 6.21. The Hall–Kier alpha value is -3.42. The van der Waals surface area contributed by atoms with Crippen molar-refractivity contribution < 1.29 is 18.3 Å². The van der Waals surface area contributed by atoms with E-state index in [1.807, 2.05) is 18.2 Å². The van der Waals surface area contributed by atoms with Gasteiger partial charge in [-0.1, -0.05) is 6.07 Å². The number of hydrogen-bond donors (Lipinski definition) is 2. The van der Waals surface area contributed by atoms with Crippen molar-refractivity contribution in [1.29, 1.82) is 0 Å². The molecule has 146 valence electrons. The van der Waals surface area contributed by atoms with Gasteiger partial charge in [0, 0.05) is 24.5 Å². The summed E-state index contributed by atoms with van der Waals surface area (Å²) in [5.74, 6) is 0.424. The van der Waals surface area contributed by atoms with Crippen molar-refractivity contribution >= 4 is 17.5 Å². The first-order valence-corrected chi connectivity index (χ1v) is 8.59. The van der Waals surface area contributed by atoms with Crippen LogP contribution in [0.3, 0.4) is 0 Å². The van der Waals surface area contributed by atoms with Crippen molar-refractivity contribution in [2.24, 2.45) is 0 Å².